The van der Waals surface area contributed by atoms with Crippen molar-refractivity contribution in [1.29, 1.82) is 0 Å². The maximum absolute atomic E-state index is 13.0. The smallest absolute Gasteiger partial charge is 0.237 e. The molecule has 2 amide bonds. The Bertz CT molecular complexity index is 459. The molecule has 0 aromatic carbocycles. The molecule has 0 saturated carbocycles. The highest BCUT2D eigenvalue weighted by Gasteiger charge is 2.34. The molecule has 1 atom stereocenters. The molecule has 2 saturated heterocycles. The number of nitrogens with one attached hydrogen (secondary N) is 1. The molecule has 0 bridgehead atoms. The van der Waals surface area contributed by atoms with Crippen LogP contribution in [0.2, 0.25) is 0 Å². The van der Waals surface area contributed by atoms with Crippen LogP contribution in [-0.2, 0) is 9.59 Å². The zero-order valence-corrected chi connectivity index (χ0v) is 17.2. The second-order valence-corrected chi connectivity index (χ2v) is 8.28. The Balaban J connectivity index is 1.94. The van der Waals surface area contributed by atoms with Crippen LogP contribution < -0.4 is 5.32 Å². The molecular formula is C20H38N4O2. The maximum atomic E-state index is 13.0. The fourth-order valence-corrected chi connectivity index (χ4v) is 4.12. The SMILES string of the molecule is CC(C)N(CCN1CCCCCC1)C(=O)C[C@@H]1C(=O)NCCN1C(C)C. The van der Waals surface area contributed by atoms with Crippen molar-refractivity contribution in [1.82, 2.24) is 20.0 Å². The first-order valence-corrected chi connectivity index (χ1v) is 10.5. The van der Waals surface area contributed by atoms with Gasteiger partial charge in [-0.3, -0.25) is 14.5 Å². The molecule has 0 radical (unpaired) electrons. The third-order valence-corrected chi connectivity index (χ3v) is 5.70. The van der Waals surface area contributed by atoms with E-state index < -0.39 is 0 Å². The molecule has 150 valence electrons. The fourth-order valence-electron chi connectivity index (χ4n) is 4.12. The summed E-state index contributed by atoms with van der Waals surface area (Å²) in [6.45, 7) is 13.8. The normalized spacial score (nSPS) is 23.2. The number of carbonyl (C=O) groups excluding carboxylic acids is 2. The van der Waals surface area contributed by atoms with Gasteiger partial charge in [0.25, 0.3) is 0 Å². The Kier molecular flexibility index (Phi) is 8.35. The summed E-state index contributed by atoms with van der Waals surface area (Å²) in [7, 11) is 0. The first-order valence-electron chi connectivity index (χ1n) is 10.5. The minimum atomic E-state index is -0.337. The predicted molar refractivity (Wildman–Crippen MR) is 105 cm³/mol. The van der Waals surface area contributed by atoms with Gasteiger partial charge in [0.1, 0.15) is 0 Å². The van der Waals surface area contributed by atoms with Gasteiger partial charge in [-0.05, 0) is 53.6 Å². The number of carbonyl (C=O) groups is 2. The van der Waals surface area contributed by atoms with Crippen LogP contribution in [0, 0.1) is 0 Å². The Hall–Kier alpha value is -1.14. The van der Waals surface area contributed by atoms with Crippen LogP contribution in [0.3, 0.4) is 0 Å². The van der Waals surface area contributed by atoms with E-state index in [9.17, 15) is 9.59 Å². The van der Waals surface area contributed by atoms with Gasteiger partial charge >= 0.3 is 0 Å². The van der Waals surface area contributed by atoms with Crippen molar-refractivity contribution in [3.05, 3.63) is 0 Å². The zero-order valence-electron chi connectivity index (χ0n) is 17.2. The summed E-state index contributed by atoms with van der Waals surface area (Å²) < 4.78 is 0. The minimum Gasteiger partial charge on any atom is -0.353 e. The van der Waals surface area contributed by atoms with Gasteiger partial charge in [0.2, 0.25) is 11.8 Å². The lowest BCUT2D eigenvalue weighted by atomic mass is 10.1. The molecule has 0 aliphatic carbocycles. The summed E-state index contributed by atoms with van der Waals surface area (Å²) in [5, 5.41) is 2.92. The molecule has 6 heteroatoms. The minimum absolute atomic E-state index is 0.00507. The van der Waals surface area contributed by atoms with Crippen LogP contribution >= 0.6 is 0 Å². The van der Waals surface area contributed by atoms with E-state index in [0.717, 1.165) is 32.7 Å². The quantitative estimate of drug-likeness (QED) is 0.745. The van der Waals surface area contributed by atoms with E-state index in [1.165, 1.54) is 25.7 Å². The first-order chi connectivity index (χ1) is 12.4. The van der Waals surface area contributed by atoms with Crippen LogP contribution in [0.25, 0.3) is 0 Å². The molecule has 0 unspecified atom stereocenters. The van der Waals surface area contributed by atoms with E-state index in [1.54, 1.807) is 0 Å². The fraction of sp³-hybridized carbons (Fsp3) is 0.900. The topological polar surface area (TPSA) is 55.9 Å². The van der Waals surface area contributed by atoms with Crippen molar-refractivity contribution in [3.8, 4) is 0 Å². The number of hydrogen-bond donors (Lipinski definition) is 1. The van der Waals surface area contributed by atoms with Crippen molar-refractivity contribution >= 4 is 11.8 Å². The van der Waals surface area contributed by atoms with E-state index in [4.69, 9.17) is 0 Å². The molecule has 0 aromatic rings. The molecule has 0 aromatic heterocycles. The Morgan fingerprint density at radius 2 is 1.77 bits per heavy atom. The molecule has 2 heterocycles. The zero-order chi connectivity index (χ0) is 19.1. The summed E-state index contributed by atoms with van der Waals surface area (Å²) in [6, 6.07) is 0.0905. The molecule has 2 fully saturated rings. The van der Waals surface area contributed by atoms with Gasteiger partial charge in [-0.2, -0.15) is 0 Å². The van der Waals surface area contributed by atoms with Crippen LogP contribution in [0.5, 0.6) is 0 Å². The van der Waals surface area contributed by atoms with E-state index in [1.807, 2.05) is 4.90 Å². The molecule has 6 nitrogen and oxygen atoms in total. The van der Waals surface area contributed by atoms with Gasteiger partial charge in [-0.25, -0.2) is 0 Å². The number of nitrogens with zero attached hydrogens (tertiary/aromatic N) is 3. The van der Waals surface area contributed by atoms with Gasteiger partial charge in [0.05, 0.1) is 12.5 Å². The van der Waals surface area contributed by atoms with Gasteiger partial charge in [-0.15, -0.1) is 0 Å². The molecular weight excluding hydrogens is 328 g/mol. The van der Waals surface area contributed by atoms with Crippen molar-refractivity contribution < 1.29 is 9.59 Å². The van der Waals surface area contributed by atoms with Gasteiger partial charge in [0, 0.05) is 38.3 Å². The van der Waals surface area contributed by atoms with E-state index in [-0.39, 0.29) is 36.4 Å². The molecule has 0 spiro atoms. The Morgan fingerprint density at radius 3 is 2.35 bits per heavy atom. The van der Waals surface area contributed by atoms with Crippen molar-refractivity contribution in [3.63, 3.8) is 0 Å². The van der Waals surface area contributed by atoms with Gasteiger partial charge < -0.3 is 15.1 Å². The van der Waals surface area contributed by atoms with E-state index in [2.05, 4.69) is 42.8 Å². The largest absolute Gasteiger partial charge is 0.353 e. The summed E-state index contributed by atoms with van der Waals surface area (Å²) in [5.41, 5.74) is 0. The van der Waals surface area contributed by atoms with Crippen LogP contribution in [-0.4, -0.2) is 83.9 Å². The summed E-state index contributed by atoms with van der Waals surface area (Å²) in [4.78, 5) is 32.0. The molecule has 2 aliphatic heterocycles. The van der Waals surface area contributed by atoms with Crippen LogP contribution in [0.4, 0.5) is 0 Å². The highest BCUT2D eigenvalue weighted by atomic mass is 16.2. The number of rotatable bonds is 7. The van der Waals surface area contributed by atoms with E-state index >= 15 is 0 Å². The average Bonchev–Trinajstić information content (AvgIpc) is 2.85. The third kappa shape index (κ3) is 5.95. The summed E-state index contributed by atoms with van der Waals surface area (Å²) >= 11 is 0. The Labute approximate surface area is 159 Å². The lowest BCUT2D eigenvalue weighted by Crippen LogP contribution is -2.59. The first kappa shape index (κ1) is 21.2. The second kappa shape index (κ2) is 10.3. The summed E-state index contributed by atoms with van der Waals surface area (Å²) in [6.07, 6.45) is 5.46. The second-order valence-electron chi connectivity index (χ2n) is 8.28. The molecule has 2 rings (SSSR count). The van der Waals surface area contributed by atoms with Gasteiger partial charge in [0.15, 0.2) is 0 Å². The highest BCUT2D eigenvalue weighted by Crippen LogP contribution is 2.16. The van der Waals surface area contributed by atoms with Crippen molar-refractivity contribution in [2.75, 3.05) is 39.3 Å². The lowest BCUT2D eigenvalue weighted by Gasteiger charge is -2.39. The number of amides is 2. The van der Waals surface area contributed by atoms with Crippen LogP contribution in [0.15, 0.2) is 0 Å². The van der Waals surface area contributed by atoms with Crippen LogP contribution in [0.1, 0.15) is 59.8 Å². The maximum Gasteiger partial charge on any atom is 0.237 e. The van der Waals surface area contributed by atoms with Crippen molar-refractivity contribution in [2.45, 2.75) is 77.9 Å². The third-order valence-electron chi connectivity index (χ3n) is 5.70. The van der Waals surface area contributed by atoms with Gasteiger partial charge in [-0.1, -0.05) is 12.8 Å². The standard InChI is InChI=1S/C20H38N4O2/c1-16(2)23-12-9-21-20(26)18(23)15-19(25)24(17(3)4)14-13-22-10-7-5-6-8-11-22/h16-18H,5-15H2,1-4H3,(H,21,26)/t18-/m1/s1. The number of likely N-dealkylation sites (tertiary alicyclic amines) is 1. The molecule has 26 heavy (non-hydrogen) atoms. The monoisotopic (exact) mass is 366 g/mol. The highest BCUT2D eigenvalue weighted by molar-refractivity contribution is 5.89. The summed E-state index contributed by atoms with van der Waals surface area (Å²) in [5.74, 6) is 0.0945. The number of hydrogen-bond acceptors (Lipinski definition) is 4. The van der Waals surface area contributed by atoms with Crippen molar-refractivity contribution in [2.24, 2.45) is 0 Å². The molecule has 1 N–H and O–H groups in total. The van der Waals surface area contributed by atoms with E-state index in [0.29, 0.717) is 6.54 Å². The average molecular weight is 367 g/mol. The predicted octanol–water partition coefficient (Wildman–Crippen LogP) is 1.70. The number of piperazine rings is 1. The molecule has 2 aliphatic rings. The Morgan fingerprint density at radius 1 is 1.12 bits per heavy atom. The lowest BCUT2D eigenvalue weighted by molar-refractivity contribution is -0.140.